The lowest BCUT2D eigenvalue weighted by molar-refractivity contribution is 0.0686. The third-order valence-electron chi connectivity index (χ3n) is 1.94. The molecule has 1 aromatic carbocycles. The first-order valence-electron chi connectivity index (χ1n) is 4.24. The smallest absolute Gasteiger partial charge is 0.358 e. The van der Waals surface area contributed by atoms with Gasteiger partial charge in [0.05, 0.1) is 10.6 Å². The van der Waals surface area contributed by atoms with Gasteiger partial charge in [-0.2, -0.15) is 0 Å². The summed E-state index contributed by atoms with van der Waals surface area (Å²) in [6.07, 6.45) is 0. The molecule has 2 rings (SSSR count). The Labute approximate surface area is 104 Å². The van der Waals surface area contributed by atoms with Crippen molar-refractivity contribution in [2.45, 2.75) is 0 Å². The lowest BCUT2D eigenvalue weighted by Gasteiger charge is -2.01. The third-order valence-corrected chi connectivity index (χ3v) is 2.91. The van der Waals surface area contributed by atoms with Gasteiger partial charge in [0.25, 0.3) is 0 Å². The molecule has 0 spiro atoms. The number of hydrogen-bond donors (Lipinski definition) is 1. The van der Waals surface area contributed by atoms with Gasteiger partial charge in [-0.1, -0.05) is 22.8 Å². The minimum absolute atomic E-state index is 0.151. The highest BCUT2D eigenvalue weighted by molar-refractivity contribution is 9.10. The summed E-state index contributed by atoms with van der Waals surface area (Å²) in [4.78, 5) is 10.6. The molecule has 0 aliphatic rings. The molecule has 1 N–H and O–H groups in total. The average Bonchev–Trinajstić information content (AvgIpc) is 2.66. The van der Waals surface area contributed by atoms with E-state index in [-0.39, 0.29) is 5.69 Å². The fourth-order valence-electron chi connectivity index (χ4n) is 1.23. The van der Waals surface area contributed by atoms with Crippen LogP contribution in [0, 0.1) is 0 Å². The Balaban J connectivity index is 2.54. The topological polar surface area (TPSA) is 63.3 Å². The minimum atomic E-state index is -1.14. The molecule has 1 heterocycles. The van der Waals surface area contributed by atoms with Crippen molar-refractivity contribution in [3.8, 4) is 11.3 Å². The SMILES string of the molecule is O=C(O)c1cc(-c2c(Cl)cccc2Br)on1. The van der Waals surface area contributed by atoms with Crippen LogP contribution < -0.4 is 0 Å². The van der Waals surface area contributed by atoms with Gasteiger partial charge in [-0.25, -0.2) is 4.79 Å². The fraction of sp³-hybridized carbons (Fsp3) is 0. The first kappa shape index (κ1) is 11.2. The van der Waals surface area contributed by atoms with E-state index in [1.165, 1.54) is 6.07 Å². The van der Waals surface area contributed by atoms with E-state index >= 15 is 0 Å². The highest BCUT2D eigenvalue weighted by atomic mass is 79.9. The lowest BCUT2D eigenvalue weighted by Crippen LogP contribution is -1.94. The highest BCUT2D eigenvalue weighted by Gasteiger charge is 2.16. The largest absolute Gasteiger partial charge is 0.476 e. The van der Waals surface area contributed by atoms with Gasteiger partial charge in [0.2, 0.25) is 0 Å². The summed E-state index contributed by atoms with van der Waals surface area (Å²) >= 11 is 9.30. The summed E-state index contributed by atoms with van der Waals surface area (Å²) in [5, 5.41) is 12.6. The molecule has 1 aromatic heterocycles. The van der Waals surface area contributed by atoms with E-state index in [2.05, 4.69) is 21.1 Å². The van der Waals surface area contributed by atoms with E-state index in [4.69, 9.17) is 21.2 Å². The molecule has 0 unspecified atom stereocenters. The van der Waals surface area contributed by atoms with Crippen molar-refractivity contribution in [3.63, 3.8) is 0 Å². The van der Waals surface area contributed by atoms with Gasteiger partial charge in [-0.05, 0) is 28.1 Å². The molecule has 0 saturated carbocycles. The molecule has 82 valence electrons. The molecular formula is C10H5BrClNO3. The number of rotatable bonds is 2. The molecule has 0 atom stereocenters. The van der Waals surface area contributed by atoms with Crippen LogP contribution in [0.1, 0.15) is 10.5 Å². The van der Waals surface area contributed by atoms with Gasteiger partial charge in [0.15, 0.2) is 11.5 Å². The van der Waals surface area contributed by atoms with Gasteiger partial charge >= 0.3 is 5.97 Å². The van der Waals surface area contributed by atoms with Crippen LogP contribution in [-0.2, 0) is 0 Å². The number of nitrogens with zero attached hydrogens (tertiary/aromatic N) is 1. The second-order valence-electron chi connectivity index (χ2n) is 2.98. The maximum atomic E-state index is 10.6. The Hall–Kier alpha value is -1.33. The van der Waals surface area contributed by atoms with E-state index < -0.39 is 5.97 Å². The number of benzene rings is 1. The highest BCUT2D eigenvalue weighted by Crippen LogP contribution is 2.34. The zero-order valence-corrected chi connectivity index (χ0v) is 10.1. The fourth-order valence-corrected chi connectivity index (χ4v) is 2.17. The predicted molar refractivity (Wildman–Crippen MR) is 61.6 cm³/mol. The molecular weight excluding hydrogens is 297 g/mol. The summed E-state index contributed by atoms with van der Waals surface area (Å²) in [5.74, 6) is -0.826. The van der Waals surface area contributed by atoms with Crippen LogP contribution in [0.25, 0.3) is 11.3 Å². The molecule has 0 saturated heterocycles. The second-order valence-corrected chi connectivity index (χ2v) is 4.24. The Morgan fingerprint density at radius 3 is 2.81 bits per heavy atom. The minimum Gasteiger partial charge on any atom is -0.476 e. The number of carboxylic acid groups (broad SMARTS) is 1. The summed E-state index contributed by atoms with van der Waals surface area (Å²) in [7, 11) is 0. The number of aromatic carboxylic acids is 1. The van der Waals surface area contributed by atoms with Gasteiger partial charge in [-0.15, -0.1) is 0 Å². The first-order chi connectivity index (χ1) is 7.59. The van der Waals surface area contributed by atoms with Gasteiger partial charge in [-0.3, -0.25) is 0 Å². The van der Waals surface area contributed by atoms with Crippen molar-refractivity contribution in [2.75, 3.05) is 0 Å². The maximum Gasteiger partial charge on any atom is 0.358 e. The van der Waals surface area contributed by atoms with Crippen LogP contribution in [0.15, 0.2) is 33.3 Å². The van der Waals surface area contributed by atoms with E-state index in [1.54, 1.807) is 18.2 Å². The van der Waals surface area contributed by atoms with E-state index in [0.717, 1.165) is 0 Å². The maximum absolute atomic E-state index is 10.6. The van der Waals surface area contributed by atoms with Gasteiger partial charge in [0, 0.05) is 10.5 Å². The normalized spacial score (nSPS) is 10.4. The summed E-state index contributed by atoms with van der Waals surface area (Å²) in [5.41, 5.74) is 0.436. The number of aromatic nitrogens is 1. The number of halogens is 2. The van der Waals surface area contributed by atoms with Crippen LogP contribution in [0.3, 0.4) is 0 Å². The molecule has 0 amide bonds. The monoisotopic (exact) mass is 301 g/mol. The Morgan fingerprint density at radius 1 is 1.50 bits per heavy atom. The van der Waals surface area contributed by atoms with Crippen molar-refractivity contribution in [1.82, 2.24) is 5.16 Å². The number of hydrogen-bond acceptors (Lipinski definition) is 3. The van der Waals surface area contributed by atoms with Crippen LogP contribution in [0.2, 0.25) is 5.02 Å². The van der Waals surface area contributed by atoms with Gasteiger partial charge < -0.3 is 9.63 Å². The molecule has 0 bridgehead atoms. The van der Waals surface area contributed by atoms with E-state index in [1.807, 2.05) is 0 Å². The van der Waals surface area contributed by atoms with Crippen molar-refractivity contribution < 1.29 is 14.4 Å². The van der Waals surface area contributed by atoms with E-state index in [0.29, 0.717) is 20.8 Å². The van der Waals surface area contributed by atoms with Crippen molar-refractivity contribution in [2.24, 2.45) is 0 Å². The Bertz CT molecular complexity index is 532. The van der Waals surface area contributed by atoms with Crippen LogP contribution in [0.5, 0.6) is 0 Å². The zero-order valence-electron chi connectivity index (χ0n) is 7.78. The summed E-state index contributed by atoms with van der Waals surface area (Å²) < 4.78 is 5.64. The number of carbonyl (C=O) groups is 1. The van der Waals surface area contributed by atoms with Crippen molar-refractivity contribution in [1.29, 1.82) is 0 Å². The summed E-state index contributed by atoms with van der Waals surface area (Å²) in [6, 6.07) is 6.56. The molecule has 0 aliphatic heterocycles. The van der Waals surface area contributed by atoms with Crippen LogP contribution in [-0.4, -0.2) is 16.2 Å². The molecule has 0 radical (unpaired) electrons. The predicted octanol–water partition coefficient (Wildman–Crippen LogP) is 3.46. The zero-order chi connectivity index (χ0) is 11.7. The molecule has 0 fully saturated rings. The standard InChI is InChI=1S/C10H5BrClNO3/c11-5-2-1-3-6(12)9(5)8-4-7(10(14)15)13-16-8/h1-4H,(H,14,15). The Morgan fingerprint density at radius 2 is 2.25 bits per heavy atom. The van der Waals surface area contributed by atoms with Gasteiger partial charge in [0.1, 0.15) is 0 Å². The quantitative estimate of drug-likeness (QED) is 0.923. The number of carboxylic acids is 1. The molecule has 6 heteroatoms. The second kappa shape index (κ2) is 4.27. The van der Waals surface area contributed by atoms with Crippen LogP contribution >= 0.6 is 27.5 Å². The third kappa shape index (κ3) is 1.96. The molecule has 2 aromatic rings. The van der Waals surface area contributed by atoms with E-state index in [9.17, 15) is 4.79 Å². The summed E-state index contributed by atoms with van der Waals surface area (Å²) in [6.45, 7) is 0. The average molecular weight is 303 g/mol. The molecule has 0 aliphatic carbocycles. The Kier molecular flexibility index (Phi) is 2.98. The van der Waals surface area contributed by atoms with Crippen LogP contribution in [0.4, 0.5) is 0 Å². The van der Waals surface area contributed by atoms with Crippen molar-refractivity contribution in [3.05, 3.63) is 39.5 Å². The first-order valence-corrected chi connectivity index (χ1v) is 5.41. The molecule has 4 nitrogen and oxygen atoms in total. The molecule has 16 heavy (non-hydrogen) atoms. The van der Waals surface area contributed by atoms with Crippen molar-refractivity contribution >= 4 is 33.5 Å². The lowest BCUT2D eigenvalue weighted by atomic mass is 10.1.